The summed E-state index contributed by atoms with van der Waals surface area (Å²) in [6.45, 7) is 0.108. The van der Waals surface area contributed by atoms with Crippen molar-refractivity contribution in [3.05, 3.63) is 0 Å². The Bertz CT molecular complexity index is 231. The highest BCUT2D eigenvalue weighted by atomic mass is 19.4. The third-order valence-electron chi connectivity index (χ3n) is 3.03. The minimum Gasteiger partial charge on any atom is -0.320 e. The van der Waals surface area contributed by atoms with Crippen LogP contribution in [0.5, 0.6) is 0 Å². The summed E-state index contributed by atoms with van der Waals surface area (Å²) < 4.78 is 61.8. The average molecular weight is 260 g/mol. The van der Waals surface area contributed by atoms with E-state index < -0.39 is 18.1 Å². The van der Waals surface area contributed by atoms with E-state index in [1.54, 1.807) is 0 Å². The molecule has 0 heterocycles. The van der Waals surface area contributed by atoms with E-state index in [9.17, 15) is 22.0 Å². The van der Waals surface area contributed by atoms with E-state index in [-0.39, 0.29) is 31.8 Å². The lowest BCUT2D eigenvalue weighted by Crippen LogP contribution is -2.42. The molecular formula is C10H17F5N2. The second-order valence-electron chi connectivity index (χ2n) is 4.52. The van der Waals surface area contributed by atoms with Gasteiger partial charge in [0.25, 0.3) is 0 Å². The van der Waals surface area contributed by atoms with Crippen LogP contribution >= 0.6 is 0 Å². The SMILES string of the molecule is NC(CCNC1CCC(F)(F)CC1)C(F)(F)F. The number of nitrogens with one attached hydrogen (secondary N) is 1. The molecule has 0 bridgehead atoms. The first-order chi connectivity index (χ1) is 7.71. The predicted molar refractivity (Wildman–Crippen MR) is 53.9 cm³/mol. The zero-order chi connectivity index (χ0) is 13.1. The fraction of sp³-hybridized carbons (Fsp3) is 1.00. The van der Waals surface area contributed by atoms with Crippen molar-refractivity contribution in [1.29, 1.82) is 0 Å². The first kappa shape index (κ1) is 14.6. The Hall–Kier alpha value is -0.430. The molecule has 102 valence electrons. The van der Waals surface area contributed by atoms with Crippen LogP contribution in [0, 0.1) is 0 Å². The van der Waals surface area contributed by atoms with Crippen molar-refractivity contribution in [1.82, 2.24) is 5.32 Å². The summed E-state index contributed by atoms with van der Waals surface area (Å²) in [5.74, 6) is -2.61. The van der Waals surface area contributed by atoms with Crippen molar-refractivity contribution in [2.24, 2.45) is 5.73 Å². The van der Waals surface area contributed by atoms with Crippen molar-refractivity contribution in [3.63, 3.8) is 0 Å². The van der Waals surface area contributed by atoms with Crippen LogP contribution < -0.4 is 11.1 Å². The fourth-order valence-corrected chi connectivity index (χ4v) is 1.85. The van der Waals surface area contributed by atoms with Gasteiger partial charge in [0, 0.05) is 18.9 Å². The van der Waals surface area contributed by atoms with Crippen LogP contribution in [0.1, 0.15) is 32.1 Å². The first-order valence-corrected chi connectivity index (χ1v) is 5.64. The normalized spacial score (nSPS) is 23.6. The topological polar surface area (TPSA) is 38.0 Å². The first-order valence-electron chi connectivity index (χ1n) is 5.64. The van der Waals surface area contributed by atoms with Crippen molar-refractivity contribution in [3.8, 4) is 0 Å². The molecule has 0 amide bonds. The molecule has 0 spiro atoms. The van der Waals surface area contributed by atoms with Gasteiger partial charge in [0.1, 0.15) is 6.04 Å². The fourth-order valence-electron chi connectivity index (χ4n) is 1.85. The van der Waals surface area contributed by atoms with Crippen LogP contribution in [0.25, 0.3) is 0 Å². The minimum atomic E-state index is -4.39. The maximum atomic E-state index is 12.8. The second-order valence-corrected chi connectivity index (χ2v) is 4.52. The second kappa shape index (κ2) is 5.48. The highest BCUT2D eigenvalue weighted by molar-refractivity contribution is 4.82. The Kier molecular flexibility index (Phi) is 4.71. The summed E-state index contributed by atoms with van der Waals surface area (Å²) in [4.78, 5) is 0. The van der Waals surface area contributed by atoms with Crippen LogP contribution in [0.15, 0.2) is 0 Å². The number of hydrogen-bond donors (Lipinski definition) is 2. The van der Waals surface area contributed by atoms with Crippen molar-refractivity contribution in [2.45, 2.75) is 56.3 Å². The average Bonchev–Trinajstić information content (AvgIpc) is 2.19. The van der Waals surface area contributed by atoms with Gasteiger partial charge in [-0.25, -0.2) is 8.78 Å². The molecule has 0 aromatic rings. The van der Waals surface area contributed by atoms with E-state index in [0.29, 0.717) is 12.8 Å². The lowest BCUT2D eigenvalue weighted by Gasteiger charge is -2.29. The van der Waals surface area contributed by atoms with Crippen LogP contribution in [-0.2, 0) is 0 Å². The Morgan fingerprint density at radius 1 is 1.24 bits per heavy atom. The summed E-state index contributed by atoms with van der Waals surface area (Å²) in [6.07, 6.45) is -4.41. The molecule has 1 aliphatic rings. The number of alkyl halides is 5. The van der Waals surface area contributed by atoms with Gasteiger partial charge in [-0.15, -0.1) is 0 Å². The van der Waals surface area contributed by atoms with Gasteiger partial charge in [-0.1, -0.05) is 0 Å². The van der Waals surface area contributed by atoms with Gasteiger partial charge in [0.05, 0.1) is 0 Å². The maximum Gasteiger partial charge on any atom is 0.403 e. The molecule has 2 nitrogen and oxygen atoms in total. The minimum absolute atomic E-state index is 0.108. The Balaban J connectivity index is 2.16. The number of rotatable bonds is 4. The molecule has 7 heteroatoms. The number of nitrogens with two attached hydrogens (primary N) is 1. The van der Waals surface area contributed by atoms with Crippen molar-refractivity contribution in [2.75, 3.05) is 6.54 Å². The van der Waals surface area contributed by atoms with Gasteiger partial charge >= 0.3 is 6.18 Å². The highest BCUT2D eigenvalue weighted by Crippen LogP contribution is 2.33. The molecule has 17 heavy (non-hydrogen) atoms. The summed E-state index contributed by atoms with van der Waals surface area (Å²) in [6, 6.07) is -1.96. The number of hydrogen-bond acceptors (Lipinski definition) is 2. The summed E-state index contributed by atoms with van der Waals surface area (Å²) in [5.41, 5.74) is 4.92. The van der Waals surface area contributed by atoms with Gasteiger partial charge in [-0.3, -0.25) is 0 Å². The summed E-state index contributed by atoms with van der Waals surface area (Å²) in [7, 11) is 0. The summed E-state index contributed by atoms with van der Waals surface area (Å²) in [5, 5.41) is 2.85. The zero-order valence-electron chi connectivity index (χ0n) is 9.36. The van der Waals surface area contributed by atoms with Gasteiger partial charge in [-0.2, -0.15) is 13.2 Å². The van der Waals surface area contributed by atoms with Gasteiger partial charge in [-0.05, 0) is 25.8 Å². The molecular weight excluding hydrogens is 243 g/mol. The smallest absolute Gasteiger partial charge is 0.320 e. The Morgan fingerprint density at radius 3 is 2.24 bits per heavy atom. The largest absolute Gasteiger partial charge is 0.403 e. The lowest BCUT2D eigenvalue weighted by atomic mass is 9.92. The molecule has 0 radical (unpaired) electrons. The molecule has 3 N–H and O–H groups in total. The van der Waals surface area contributed by atoms with E-state index in [4.69, 9.17) is 5.73 Å². The third kappa shape index (κ3) is 5.16. The molecule has 0 aromatic heterocycles. The van der Waals surface area contributed by atoms with E-state index in [0.717, 1.165) is 0 Å². The molecule has 0 aliphatic heterocycles. The van der Waals surface area contributed by atoms with E-state index in [1.165, 1.54) is 0 Å². The Morgan fingerprint density at radius 2 is 1.76 bits per heavy atom. The molecule has 1 atom stereocenters. The van der Waals surface area contributed by atoms with Gasteiger partial charge in [0.2, 0.25) is 5.92 Å². The third-order valence-corrected chi connectivity index (χ3v) is 3.03. The standard InChI is InChI=1S/C10H17F5N2/c11-9(12)4-1-7(2-5-9)17-6-3-8(16)10(13,14)15/h7-8,17H,1-6,16H2. The highest BCUT2D eigenvalue weighted by Gasteiger charge is 2.37. The molecule has 1 unspecified atom stereocenters. The van der Waals surface area contributed by atoms with Crippen molar-refractivity contribution < 1.29 is 22.0 Å². The summed E-state index contributed by atoms with van der Waals surface area (Å²) >= 11 is 0. The quantitative estimate of drug-likeness (QED) is 0.762. The van der Waals surface area contributed by atoms with E-state index >= 15 is 0 Å². The van der Waals surface area contributed by atoms with Crippen molar-refractivity contribution >= 4 is 0 Å². The lowest BCUT2D eigenvalue weighted by molar-refractivity contribution is -0.148. The predicted octanol–water partition coefficient (Wildman–Crippen LogP) is 2.43. The molecule has 0 saturated heterocycles. The van der Waals surface area contributed by atoms with E-state index in [2.05, 4.69) is 5.32 Å². The molecule has 1 saturated carbocycles. The van der Waals surface area contributed by atoms with Crippen LogP contribution in [0.2, 0.25) is 0 Å². The van der Waals surface area contributed by atoms with E-state index in [1.807, 2.05) is 0 Å². The molecule has 0 aromatic carbocycles. The van der Waals surface area contributed by atoms with Crippen LogP contribution in [0.3, 0.4) is 0 Å². The molecule has 1 rings (SSSR count). The van der Waals surface area contributed by atoms with Gasteiger partial charge < -0.3 is 11.1 Å². The zero-order valence-corrected chi connectivity index (χ0v) is 9.36. The number of halogens is 5. The maximum absolute atomic E-state index is 12.8. The molecule has 1 aliphatic carbocycles. The van der Waals surface area contributed by atoms with Gasteiger partial charge in [0.15, 0.2) is 0 Å². The van der Waals surface area contributed by atoms with Crippen LogP contribution in [0.4, 0.5) is 22.0 Å². The molecule has 1 fully saturated rings. The Labute approximate surface area is 96.7 Å². The monoisotopic (exact) mass is 260 g/mol. The van der Waals surface area contributed by atoms with Crippen LogP contribution in [-0.4, -0.2) is 30.7 Å².